The SMILES string of the molecule is CCC(N)CS(=O)(=O)CCOC(C)(C)C. The maximum Gasteiger partial charge on any atom is 0.154 e. The first-order chi connectivity index (χ1) is 6.66. The molecule has 0 aromatic carbocycles. The average Bonchev–Trinajstić information content (AvgIpc) is 2.00. The standard InChI is InChI=1S/C10H23NO3S/c1-5-9(11)8-15(12,13)7-6-14-10(2,3)4/h9H,5-8,11H2,1-4H3. The fourth-order valence-electron chi connectivity index (χ4n) is 1.00. The molecular weight excluding hydrogens is 214 g/mol. The van der Waals surface area contributed by atoms with Gasteiger partial charge in [-0.25, -0.2) is 8.42 Å². The van der Waals surface area contributed by atoms with Crippen LogP contribution in [0.5, 0.6) is 0 Å². The summed E-state index contributed by atoms with van der Waals surface area (Å²) < 4.78 is 28.4. The minimum Gasteiger partial charge on any atom is -0.375 e. The molecule has 0 spiro atoms. The van der Waals surface area contributed by atoms with Gasteiger partial charge in [-0.2, -0.15) is 0 Å². The van der Waals surface area contributed by atoms with E-state index < -0.39 is 9.84 Å². The lowest BCUT2D eigenvalue weighted by Crippen LogP contribution is -2.32. The molecule has 0 radical (unpaired) electrons. The molecule has 2 N–H and O–H groups in total. The highest BCUT2D eigenvalue weighted by Crippen LogP contribution is 2.07. The maximum atomic E-state index is 11.5. The zero-order chi connectivity index (χ0) is 12.1. The van der Waals surface area contributed by atoms with Crippen molar-refractivity contribution < 1.29 is 13.2 Å². The van der Waals surface area contributed by atoms with Crippen molar-refractivity contribution in [2.45, 2.75) is 45.8 Å². The van der Waals surface area contributed by atoms with Crippen molar-refractivity contribution in [3.63, 3.8) is 0 Å². The van der Waals surface area contributed by atoms with Crippen LogP contribution in [0.3, 0.4) is 0 Å². The summed E-state index contributed by atoms with van der Waals surface area (Å²) in [6, 6.07) is -0.260. The van der Waals surface area contributed by atoms with Gasteiger partial charge in [0.15, 0.2) is 9.84 Å². The Labute approximate surface area is 93.1 Å². The third-order valence-corrected chi connectivity index (χ3v) is 3.65. The Hall–Kier alpha value is -0.130. The summed E-state index contributed by atoms with van der Waals surface area (Å²) in [6.45, 7) is 7.82. The van der Waals surface area contributed by atoms with Gasteiger partial charge in [-0.15, -0.1) is 0 Å². The van der Waals surface area contributed by atoms with E-state index in [-0.39, 0.29) is 29.8 Å². The van der Waals surface area contributed by atoms with Crippen LogP contribution < -0.4 is 5.73 Å². The van der Waals surface area contributed by atoms with E-state index in [0.29, 0.717) is 6.42 Å². The molecule has 0 bridgehead atoms. The van der Waals surface area contributed by atoms with Crippen molar-refractivity contribution in [3.05, 3.63) is 0 Å². The second-order valence-electron chi connectivity index (χ2n) is 4.74. The summed E-state index contributed by atoms with van der Waals surface area (Å²) in [5.74, 6) is 0.106. The molecule has 4 nitrogen and oxygen atoms in total. The highest BCUT2D eigenvalue weighted by Gasteiger charge is 2.17. The van der Waals surface area contributed by atoms with Crippen molar-refractivity contribution in [2.24, 2.45) is 5.73 Å². The number of rotatable bonds is 6. The van der Waals surface area contributed by atoms with Crippen LogP contribution in [0.25, 0.3) is 0 Å². The molecule has 0 aromatic heterocycles. The molecule has 92 valence electrons. The Kier molecular flexibility index (Phi) is 5.77. The molecule has 1 atom stereocenters. The topological polar surface area (TPSA) is 69.4 Å². The highest BCUT2D eigenvalue weighted by molar-refractivity contribution is 7.91. The molecular formula is C10H23NO3S. The molecule has 1 unspecified atom stereocenters. The lowest BCUT2D eigenvalue weighted by atomic mass is 10.2. The van der Waals surface area contributed by atoms with Gasteiger partial charge in [0.25, 0.3) is 0 Å². The van der Waals surface area contributed by atoms with Gasteiger partial charge in [-0.05, 0) is 27.2 Å². The molecule has 0 saturated heterocycles. The second-order valence-corrected chi connectivity index (χ2v) is 6.97. The summed E-state index contributed by atoms with van der Waals surface area (Å²) in [6.07, 6.45) is 0.680. The van der Waals surface area contributed by atoms with E-state index in [9.17, 15) is 8.42 Å². The quantitative estimate of drug-likeness (QED) is 0.747. The summed E-state index contributed by atoms with van der Waals surface area (Å²) in [4.78, 5) is 0. The van der Waals surface area contributed by atoms with Crippen LogP contribution in [0, 0.1) is 0 Å². The van der Waals surface area contributed by atoms with Crippen molar-refractivity contribution in [1.82, 2.24) is 0 Å². The van der Waals surface area contributed by atoms with Gasteiger partial charge >= 0.3 is 0 Å². The predicted molar refractivity (Wildman–Crippen MR) is 62.6 cm³/mol. The van der Waals surface area contributed by atoms with Crippen LogP contribution >= 0.6 is 0 Å². The van der Waals surface area contributed by atoms with Gasteiger partial charge in [-0.3, -0.25) is 0 Å². The van der Waals surface area contributed by atoms with Gasteiger partial charge in [0.1, 0.15) is 0 Å². The van der Waals surface area contributed by atoms with E-state index in [0.717, 1.165) is 0 Å². The smallest absolute Gasteiger partial charge is 0.154 e. The van der Waals surface area contributed by atoms with Gasteiger partial charge < -0.3 is 10.5 Å². The van der Waals surface area contributed by atoms with E-state index in [2.05, 4.69) is 0 Å². The Morgan fingerprint density at radius 2 is 1.87 bits per heavy atom. The molecule has 0 aromatic rings. The predicted octanol–water partition coefficient (Wildman–Crippen LogP) is 0.954. The fraction of sp³-hybridized carbons (Fsp3) is 1.00. The van der Waals surface area contributed by atoms with Crippen LogP contribution in [-0.2, 0) is 14.6 Å². The third-order valence-electron chi connectivity index (χ3n) is 1.92. The maximum absolute atomic E-state index is 11.5. The van der Waals surface area contributed by atoms with Crippen LogP contribution in [0.4, 0.5) is 0 Å². The molecule has 0 amide bonds. The first-order valence-corrected chi connectivity index (χ1v) is 7.08. The van der Waals surface area contributed by atoms with Crippen LogP contribution in [0.1, 0.15) is 34.1 Å². The number of hydrogen-bond donors (Lipinski definition) is 1. The van der Waals surface area contributed by atoms with E-state index in [4.69, 9.17) is 10.5 Å². The van der Waals surface area contributed by atoms with Crippen LogP contribution in [0.15, 0.2) is 0 Å². The minimum absolute atomic E-state index is 0.0526. The third kappa shape index (κ3) is 8.84. The summed E-state index contributed by atoms with van der Waals surface area (Å²) in [5.41, 5.74) is 5.31. The van der Waals surface area contributed by atoms with E-state index >= 15 is 0 Å². The van der Waals surface area contributed by atoms with Crippen molar-refractivity contribution in [3.8, 4) is 0 Å². The summed E-state index contributed by atoms with van der Waals surface area (Å²) in [7, 11) is -3.07. The Balaban J connectivity index is 3.96. The van der Waals surface area contributed by atoms with Gasteiger partial charge in [0.2, 0.25) is 0 Å². The van der Waals surface area contributed by atoms with E-state index in [1.54, 1.807) is 0 Å². The second kappa shape index (κ2) is 5.82. The molecule has 15 heavy (non-hydrogen) atoms. The molecule has 5 heteroatoms. The number of ether oxygens (including phenoxy) is 1. The minimum atomic E-state index is -3.07. The first kappa shape index (κ1) is 14.9. The lowest BCUT2D eigenvalue weighted by Gasteiger charge is -2.19. The Morgan fingerprint density at radius 3 is 2.27 bits per heavy atom. The van der Waals surface area contributed by atoms with E-state index in [1.165, 1.54) is 0 Å². The number of sulfone groups is 1. The van der Waals surface area contributed by atoms with Crippen LogP contribution in [0.2, 0.25) is 0 Å². The van der Waals surface area contributed by atoms with Gasteiger partial charge in [0.05, 0.1) is 23.7 Å². The molecule has 0 aliphatic carbocycles. The van der Waals surface area contributed by atoms with Gasteiger partial charge in [-0.1, -0.05) is 6.92 Å². The molecule has 0 aliphatic rings. The van der Waals surface area contributed by atoms with Crippen molar-refractivity contribution >= 4 is 9.84 Å². The lowest BCUT2D eigenvalue weighted by molar-refractivity contribution is 0.00644. The van der Waals surface area contributed by atoms with E-state index in [1.807, 2.05) is 27.7 Å². The molecule has 0 rings (SSSR count). The molecule has 0 heterocycles. The first-order valence-electron chi connectivity index (χ1n) is 5.26. The van der Waals surface area contributed by atoms with Crippen molar-refractivity contribution in [2.75, 3.05) is 18.1 Å². The molecule has 0 saturated carbocycles. The molecule has 0 aliphatic heterocycles. The zero-order valence-electron chi connectivity index (χ0n) is 10.1. The summed E-state index contributed by atoms with van der Waals surface area (Å²) in [5, 5.41) is 0. The highest BCUT2D eigenvalue weighted by atomic mass is 32.2. The molecule has 0 fully saturated rings. The summed E-state index contributed by atoms with van der Waals surface area (Å²) >= 11 is 0. The Bertz CT molecular complexity index is 267. The number of nitrogens with two attached hydrogens (primary N) is 1. The Morgan fingerprint density at radius 1 is 1.33 bits per heavy atom. The zero-order valence-corrected chi connectivity index (χ0v) is 10.9. The monoisotopic (exact) mass is 237 g/mol. The largest absolute Gasteiger partial charge is 0.375 e. The number of hydrogen-bond acceptors (Lipinski definition) is 4. The van der Waals surface area contributed by atoms with Crippen LogP contribution in [-0.4, -0.2) is 38.2 Å². The normalized spacial score (nSPS) is 15.3. The average molecular weight is 237 g/mol. The fourth-order valence-corrected chi connectivity index (χ4v) is 2.39. The van der Waals surface area contributed by atoms with Gasteiger partial charge in [0, 0.05) is 6.04 Å². The van der Waals surface area contributed by atoms with Crippen molar-refractivity contribution in [1.29, 1.82) is 0 Å².